The van der Waals surface area contributed by atoms with Gasteiger partial charge in [-0.25, -0.2) is 0 Å². The van der Waals surface area contributed by atoms with Crippen LogP contribution in [-0.4, -0.2) is 18.3 Å². The van der Waals surface area contributed by atoms with E-state index in [-0.39, 0.29) is 24.3 Å². The normalized spacial score (nSPS) is 12.4. The van der Waals surface area contributed by atoms with Gasteiger partial charge < -0.3 is 14.2 Å². The lowest BCUT2D eigenvalue weighted by molar-refractivity contribution is 0.225. The SMILES string of the molecule is C=C(O)/C(=C/c1ccccc1)P(=O)(OCC)OCC. The molecule has 0 amide bonds. The first-order chi connectivity index (χ1) is 9.03. The van der Waals surface area contributed by atoms with Crippen molar-refractivity contribution in [2.24, 2.45) is 0 Å². The molecule has 1 aromatic carbocycles. The van der Waals surface area contributed by atoms with Crippen molar-refractivity contribution in [3.63, 3.8) is 0 Å². The molecule has 4 nitrogen and oxygen atoms in total. The number of aliphatic hydroxyl groups excluding tert-OH is 1. The van der Waals surface area contributed by atoms with Gasteiger partial charge in [0.15, 0.2) is 0 Å². The minimum Gasteiger partial charge on any atom is -0.508 e. The van der Waals surface area contributed by atoms with Crippen molar-refractivity contribution in [2.75, 3.05) is 13.2 Å². The topological polar surface area (TPSA) is 55.8 Å². The van der Waals surface area contributed by atoms with E-state index in [2.05, 4.69) is 6.58 Å². The van der Waals surface area contributed by atoms with E-state index in [1.165, 1.54) is 0 Å². The molecule has 0 aromatic heterocycles. The van der Waals surface area contributed by atoms with Crippen LogP contribution in [0.3, 0.4) is 0 Å². The summed E-state index contributed by atoms with van der Waals surface area (Å²) in [7, 11) is -3.54. The summed E-state index contributed by atoms with van der Waals surface area (Å²) in [5.41, 5.74) is 0.785. The molecule has 19 heavy (non-hydrogen) atoms. The number of aliphatic hydroxyl groups is 1. The third-order valence-corrected chi connectivity index (χ3v) is 4.47. The first-order valence-electron chi connectivity index (χ1n) is 6.08. The highest BCUT2D eigenvalue weighted by molar-refractivity contribution is 7.59. The minimum atomic E-state index is -3.54. The predicted octanol–water partition coefficient (Wildman–Crippen LogP) is 4.37. The molecule has 0 atom stereocenters. The molecule has 1 rings (SSSR count). The molecule has 1 aromatic rings. The highest BCUT2D eigenvalue weighted by Crippen LogP contribution is 2.58. The molecule has 1 N–H and O–H groups in total. The minimum absolute atomic E-state index is 0.0856. The van der Waals surface area contributed by atoms with Crippen LogP contribution >= 0.6 is 7.60 Å². The maximum atomic E-state index is 12.6. The second-order valence-electron chi connectivity index (χ2n) is 3.72. The van der Waals surface area contributed by atoms with Crippen molar-refractivity contribution in [3.8, 4) is 0 Å². The molecule has 0 heterocycles. The molecule has 0 aliphatic rings. The van der Waals surface area contributed by atoms with Crippen LogP contribution in [-0.2, 0) is 13.6 Å². The van der Waals surface area contributed by atoms with Crippen LogP contribution in [0.15, 0.2) is 48.0 Å². The van der Waals surface area contributed by atoms with Crippen molar-refractivity contribution in [1.82, 2.24) is 0 Å². The van der Waals surface area contributed by atoms with Gasteiger partial charge in [0, 0.05) is 0 Å². The van der Waals surface area contributed by atoms with Gasteiger partial charge in [0.05, 0.1) is 13.2 Å². The van der Waals surface area contributed by atoms with E-state index >= 15 is 0 Å². The van der Waals surface area contributed by atoms with Crippen molar-refractivity contribution in [2.45, 2.75) is 13.8 Å². The van der Waals surface area contributed by atoms with Gasteiger partial charge in [0.2, 0.25) is 0 Å². The molecule has 0 fully saturated rings. The van der Waals surface area contributed by atoms with Crippen molar-refractivity contribution in [3.05, 3.63) is 53.5 Å². The lowest BCUT2D eigenvalue weighted by atomic mass is 10.2. The van der Waals surface area contributed by atoms with E-state index < -0.39 is 7.60 Å². The highest BCUT2D eigenvalue weighted by atomic mass is 31.2. The van der Waals surface area contributed by atoms with Gasteiger partial charge >= 0.3 is 7.60 Å². The number of hydrogen-bond acceptors (Lipinski definition) is 4. The lowest BCUT2D eigenvalue weighted by Gasteiger charge is -2.19. The Morgan fingerprint density at radius 1 is 1.26 bits per heavy atom. The standard InChI is InChI=1S/C14H19O4P/c1-4-17-19(16,18-5-2)14(12(3)15)11-13-9-7-6-8-10-13/h6-11,15H,3-5H2,1-2H3/b14-11-. The fourth-order valence-electron chi connectivity index (χ4n) is 1.54. The van der Waals surface area contributed by atoms with Gasteiger partial charge in [-0.15, -0.1) is 0 Å². The Hall–Kier alpha value is -1.35. The Morgan fingerprint density at radius 3 is 2.21 bits per heavy atom. The Kier molecular flexibility index (Phi) is 6.03. The fourth-order valence-corrected chi connectivity index (χ4v) is 3.20. The van der Waals surface area contributed by atoms with E-state index in [0.717, 1.165) is 5.56 Å². The Bertz CT molecular complexity index is 483. The van der Waals surface area contributed by atoms with Crippen LogP contribution in [0.2, 0.25) is 0 Å². The zero-order chi connectivity index (χ0) is 14.3. The molecule has 5 heteroatoms. The van der Waals surface area contributed by atoms with Gasteiger partial charge in [-0.05, 0) is 25.5 Å². The third kappa shape index (κ3) is 4.35. The molecule has 104 valence electrons. The number of benzene rings is 1. The zero-order valence-corrected chi connectivity index (χ0v) is 12.1. The lowest BCUT2D eigenvalue weighted by Crippen LogP contribution is -2.00. The van der Waals surface area contributed by atoms with Crippen LogP contribution in [0.4, 0.5) is 0 Å². The van der Waals surface area contributed by atoms with Crippen LogP contribution in [0.1, 0.15) is 19.4 Å². The van der Waals surface area contributed by atoms with Crippen molar-refractivity contribution in [1.29, 1.82) is 0 Å². The third-order valence-electron chi connectivity index (χ3n) is 2.29. The summed E-state index contributed by atoms with van der Waals surface area (Å²) in [5, 5.41) is 9.75. The molecular weight excluding hydrogens is 263 g/mol. The average Bonchev–Trinajstić information content (AvgIpc) is 2.37. The first kappa shape index (κ1) is 15.7. The van der Waals surface area contributed by atoms with Crippen molar-refractivity contribution >= 4 is 13.7 Å². The predicted molar refractivity (Wildman–Crippen MR) is 77.0 cm³/mol. The van der Waals surface area contributed by atoms with E-state index in [9.17, 15) is 9.67 Å². The molecule has 0 bridgehead atoms. The second kappa shape index (κ2) is 7.29. The van der Waals surface area contributed by atoms with Gasteiger partial charge in [-0.1, -0.05) is 36.9 Å². The highest BCUT2D eigenvalue weighted by Gasteiger charge is 2.31. The van der Waals surface area contributed by atoms with Crippen LogP contribution in [0.5, 0.6) is 0 Å². The summed E-state index contributed by atoms with van der Waals surface area (Å²) in [5.74, 6) is -0.311. The number of hydrogen-bond donors (Lipinski definition) is 1. The van der Waals surface area contributed by atoms with Crippen LogP contribution in [0, 0.1) is 0 Å². The maximum Gasteiger partial charge on any atom is 0.365 e. The molecule has 0 unspecified atom stereocenters. The number of allylic oxidation sites excluding steroid dienone is 1. The Morgan fingerprint density at radius 2 is 1.79 bits per heavy atom. The van der Waals surface area contributed by atoms with E-state index in [1.807, 2.05) is 30.3 Å². The largest absolute Gasteiger partial charge is 0.508 e. The number of rotatable bonds is 7. The van der Waals surface area contributed by atoms with E-state index in [0.29, 0.717) is 0 Å². The molecule has 0 spiro atoms. The van der Waals surface area contributed by atoms with E-state index in [1.54, 1.807) is 19.9 Å². The summed E-state index contributed by atoms with van der Waals surface area (Å²) in [4.78, 5) is 0. The summed E-state index contributed by atoms with van der Waals surface area (Å²) < 4.78 is 23.0. The quantitative estimate of drug-likeness (QED) is 0.458. The van der Waals surface area contributed by atoms with Gasteiger partial charge in [0.1, 0.15) is 11.1 Å². The molecule has 0 aliphatic carbocycles. The fraction of sp³-hybridized carbons (Fsp3) is 0.286. The Labute approximate surface area is 113 Å². The summed E-state index contributed by atoms with van der Waals surface area (Å²) in [6.07, 6.45) is 1.56. The Balaban J connectivity index is 3.22. The molecule has 0 aliphatic heterocycles. The average molecular weight is 282 g/mol. The van der Waals surface area contributed by atoms with E-state index in [4.69, 9.17) is 9.05 Å². The molecule has 0 radical (unpaired) electrons. The van der Waals surface area contributed by atoms with Gasteiger partial charge in [0.25, 0.3) is 0 Å². The molecule has 0 saturated carbocycles. The summed E-state index contributed by atoms with van der Waals surface area (Å²) in [6.45, 7) is 7.30. The van der Waals surface area contributed by atoms with Gasteiger partial charge in [-0.3, -0.25) is 4.57 Å². The molecule has 0 saturated heterocycles. The van der Waals surface area contributed by atoms with Gasteiger partial charge in [-0.2, -0.15) is 0 Å². The second-order valence-corrected chi connectivity index (χ2v) is 5.71. The smallest absolute Gasteiger partial charge is 0.365 e. The summed E-state index contributed by atoms with van der Waals surface area (Å²) in [6, 6.07) is 9.21. The monoisotopic (exact) mass is 282 g/mol. The zero-order valence-electron chi connectivity index (χ0n) is 11.2. The molecular formula is C14H19O4P. The summed E-state index contributed by atoms with van der Waals surface area (Å²) >= 11 is 0. The maximum absolute atomic E-state index is 12.6. The van der Waals surface area contributed by atoms with Crippen LogP contribution in [0.25, 0.3) is 6.08 Å². The first-order valence-corrected chi connectivity index (χ1v) is 7.62. The van der Waals surface area contributed by atoms with Crippen molar-refractivity contribution < 1.29 is 18.7 Å². The van der Waals surface area contributed by atoms with Crippen LogP contribution < -0.4 is 0 Å².